The second-order valence-corrected chi connectivity index (χ2v) is 10.2. The maximum absolute atomic E-state index is 12.2. The average Bonchev–Trinajstić information content (AvgIpc) is 2.65. The number of para-hydroxylation sites is 1. The molecule has 0 aromatic heterocycles. The largest absolute Gasteiger partial charge is 0.484 e. The van der Waals surface area contributed by atoms with Crippen LogP contribution in [0.5, 0.6) is 5.75 Å². The van der Waals surface area contributed by atoms with E-state index in [1.54, 1.807) is 24.3 Å². The van der Waals surface area contributed by atoms with Crippen LogP contribution in [0, 0.1) is 0 Å². The molecule has 0 saturated carbocycles. The number of sulfonamides is 1. The van der Waals surface area contributed by atoms with Crippen molar-refractivity contribution < 1.29 is 17.9 Å². The van der Waals surface area contributed by atoms with E-state index in [1.165, 1.54) is 24.3 Å². The zero-order chi connectivity index (χ0) is 22.4. The van der Waals surface area contributed by atoms with Gasteiger partial charge in [0.05, 0.1) is 4.90 Å². The molecular formula is C17H17Cl3N4O4S2. The first-order chi connectivity index (χ1) is 13.9. The average molecular weight is 512 g/mol. The van der Waals surface area contributed by atoms with E-state index in [-0.39, 0.29) is 16.6 Å². The molecule has 8 nitrogen and oxygen atoms in total. The number of hydrogen-bond donors (Lipinski definition) is 4. The molecule has 0 heterocycles. The number of carbonyl (C=O) groups is 1. The molecule has 1 amide bonds. The lowest BCUT2D eigenvalue weighted by atomic mass is 10.3. The molecule has 2 aromatic carbocycles. The highest BCUT2D eigenvalue weighted by molar-refractivity contribution is 7.89. The fraction of sp³-hybridized carbons (Fsp3) is 0.176. The zero-order valence-electron chi connectivity index (χ0n) is 15.1. The first-order valence-electron chi connectivity index (χ1n) is 8.19. The Kier molecular flexibility index (Phi) is 8.53. The van der Waals surface area contributed by atoms with E-state index in [2.05, 4.69) is 16.0 Å². The number of anilines is 1. The van der Waals surface area contributed by atoms with Gasteiger partial charge in [-0.3, -0.25) is 4.79 Å². The van der Waals surface area contributed by atoms with Crippen LogP contribution < -0.4 is 25.8 Å². The molecule has 1 atom stereocenters. The second-order valence-electron chi connectivity index (χ2n) is 5.81. The monoisotopic (exact) mass is 510 g/mol. The Hall–Kier alpha value is -1.82. The number of benzene rings is 2. The topological polar surface area (TPSA) is 123 Å². The quantitative estimate of drug-likeness (QED) is 0.256. The standard InChI is InChI=1S/C17H17Cl3N4O4S2/c18-17(19,20)15(23-14(25)10-28-12-4-2-1-3-5-12)24-16(29)22-11-6-8-13(9-7-11)30(21,26)27/h1-9,15H,10H2,(H,23,25)(H2,21,26,27)(H2,22,24,29)/t15-/m1/s1. The Morgan fingerprint density at radius 2 is 1.67 bits per heavy atom. The molecule has 0 bridgehead atoms. The number of hydrogen-bond acceptors (Lipinski definition) is 5. The second kappa shape index (κ2) is 10.5. The summed E-state index contributed by atoms with van der Waals surface area (Å²) in [7, 11) is -3.81. The molecule has 2 rings (SSSR count). The van der Waals surface area contributed by atoms with E-state index in [4.69, 9.17) is 56.9 Å². The highest BCUT2D eigenvalue weighted by Crippen LogP contribution is 2.29. The van der Waals surface area contributed by atoms with Crippen molar-refractivity contribution in [3.8, 4) is 5.75 Å². The van der Waals surface area contributed by atoms with Gasteiger partial charge >= 0.3 is 0 Å². The molecule has 0 saturated heterocycles. The van der Waals surface area contributed by atoms with Crippen molar-refractivity contribution in [2.45, 2.75) is 14.9 Å². The van der Waals surface area contributed by atoms with E-state index in [0.29, 0.717) is 11.4 Å². The zero-order valence-corrected chi connectivity index (χ0v) is 19.0. The molecule has 0 aliphatic carbocycles. The van der Waals surface area contributed by atoms with Gasteiger partial charge < -0.3 is 20.7 Å². The third kappa shape index (κ3) is 8.13. The Bertz CT molecular complexity index is 984. The van der Waals surface area contributed by atoms with E-state index in [1.807, 2.05) is 6.07 Å². The lowest BCUT2D eigenvalue weighted by Gasteiger charge is -2.27. The van der Waals surface area contributed by atoms with Gasteiger partial charge in [-0.2, -0.15) is 0 Å². The highest BCUT2D eigenvalue weighted by atomic mass is 35.6. The van der Waals surface area contributed by atoms with Gasteiger partial charge in [-0.15, -0.1) is 0 Å². The van der Waals surface area contributed by atoms with Crippen LogP contribution in [-0.2, 0) is 14.8 Å². The summed E-state index contributed by atoms with van der Waals surface area (Å²) in [4.78, 5) is 12.1. The number of primary sulfonamides is 1. The highest BCUT2D eigenvalue weighted by Gasteiger charge is 2.34. The van der Waals surface area contributed by atoms with Crippen molar-refractivity contribution in [1.82, 2.24) is 10.6 Å². The van der Waals surface area contributed by atoms with Crippen LogP contribution in [0.1, 0.15) is 0 Å². The molecule has 0 aliphatic heterocycles. The van der Waals surface area contributed by atoms with Gasteiger partial charge in [-0.05, 0) is 48.6 Å². The summed E-state index contributed by atoms with van der Waals surface area (Å²) in [5.74, 6) is -0.0471. The maximum atomic E-state index is 12.2. The van der Waals surface area contributed by atoms with Crippen molar-refractivity contribution >= 4 is 73.8 Å². The molecule has 0 spiro atoms. The summed E-state index contributed by atoms with van der Waals surface area (Å²) in [6.45, 7) is -0.307. The Labute approximate surface area is 194 Å². The molecule has 162 valence electrons. The fourth-order valence-electron chi connectivity index (χ4n) is 2.09. The van der Waals surface area contributed by atoms with Crippen molar-refractivity contribution in [1.29, 1.82) is 0 Å². The van der Waals surface area contributed by atoms with E-state index >= 15 is 0 Å². The molecule has 30 heavy (non-hydrogen) atoms. The number of ether oxygens (including phenoxy) is 1. The van der Waals surface area contributed by atoms with Crippen molar-refractivity contribution in [2.75, 3.05) is 11.9 Å². The normalized spacial score (nSPS) is 12.5. The van der Waals surface area contributed by atoms with Crippen LogP contribution in [0.4, 0.5) is 5.69 Å². The van der Waals surface area contributed by atoms with Gasteiger partial charge in [-0.1, -0.05) is 53.0 Å². The fourth-order valence-corrected chi connectivity index (χ4v) is 3.17. The SMILES string of the molecule is NS(=O)(=O)c1ccc(NC(=S)N[C@@H](NC(=O)COc2ccccc2)C(Cl)(Cl)Cl)cc1. The van der Waals surface area contributed by atoms with Gasteiger partial charge in [0, 0.05) is 5.69 Å². The molecular weight excluding hydrogens is 495 g/mol. The first-order valence-corrected chi connectivity index (χ1v) is 11.3. The Morgan fingerprint density at radius 1 is 1.07 bits per heavy atom. The van der Waals surface area contributed by atoms with Gasteiger partial charge in [0.1, 0.15) is 11.9 Å². The van der Waals surface area contributed by atoms with E-state index in [0.717, 1.165) is 0 Å². The first kappa shape index (κ1) is 24.4. The third-order valence-electron chi connectivity index (χ3n) is 3.46. The van der Waals surface area contributed by atoms with Gasteiger partial charge in [0.25, 0.3) is 5.91 Å². The number of nitrogens with one attached hydrogen (secondary N) is 3. The van der Waals surface area contributed by atoms with Crippen LogP contribution >= 0.6 is 47.0 Å². The number of carbonyl (C=O) groups excluding carboxylic acids is 1. The summed E-state index contributed by atoms with van der Waals surface area (Å²) in [6, 6.07) is 14.2. The number of halogens is 3. The minimum Gasteiger partial charge on any atom is -0.484 e. The Balaban J connectivity index is 1.95. The molecule has 0 fully saturated rings. The van der Waals surface area contributed by atoms with Crippen molar-refractivity contribution in [3.63, 3.8) is 0 Å². The molecule has 13 heteroatoms. The molecule has 5 N–H and O–H groups in total. The number of nitrogens with two attached hydrogens (primary N) is 1. The summed E-state index contributed by atoms with van der Waals surface area (Å²) >= 11 is 22.9. The van der Waals surface area contributed by atoms with Crippen LogP contribution in [0.15, 0.2) is 59.5 Å². The molecule has 2 aromatic rings. The minimum atomic E-state index is -3.81. The predicted octanol–water partition coefficient (Wildman–Crippen LogP) is 2.51. The van der Waals surface area contributed by atoms with Crippen LogP contribution in [0.3, 0.4) is 0 Å². The van der Waals surface area contributed by atoms with Gasteiger partial charge in [0.2, 0.25) is 13.8 Å². The third-order valence-corrected chi connectivity index (χ3v) is 5.27. The number of alkyl halides is 3. The summed E-state index contributed by atoms with van der Waals surface area (Å²) in [5, 5.41) is 13.0. The van der Waals surface area contributed by atoms with E-state index < -0.39 is 25.9 Å². The summed E-state index contributed by atoms with van der Waals surface area (Å²) < 4.78 is 26.0. The van der Waals surface area contributed by atoms with Crippen molar-refractivity contribution in [3.05, 3.63) is 54.6 Å². The minimum absolute atomic E-state index is 0.0129. The number of rotatable bonds is 7. The lowest BCUT2D eigenvalue weighted by Crippen LogP contribution is -2.56. The Morgan fingerprint density at radius 3 is 2.20 bits per heavy atom. The summed E-state index contributed by atoms with van der Waals surface area (Å²) in [6.07, 6.45) is -1.18. The lowest BCUT2D eigenvalue weighted by molar-refractivity contribution is -0.123. The van der Waals surface area contributed by atoms with Crippen LogP contribution in [0.2, 0.25) is 0 Å². The van der Waals surface area contributed by atoms with Crippen LogP contribution in [0.25, 0.3) is 0 Å². The predicted molar refractivity (Wildman–Crippen MR) is 121 cm³/mol. The maximum Gasteiger partial charge on any atom is 0.259 e. The van der Waals surface area contributed by atoms with Crippen LogP contribution in [-0.4, -0.2) is 36.0 Å². The van der Waals surface area contributed by atoms with Gasteiger partial charge in [0.15, 0.2) is 11.7 Å². The van der Waals surface area contributed by atoms with E-state index in [9.17, 15) is 13.2 Å². The molecule has 0 radical (unpaired) electrons. The molecule has 0 unspecified atom stereocenters. The number of thiocarbonyl (C=S) groups is 1. The van der Waals surface area contributed by atoms with Gasteiger partial charge in [-0.25, -0.2) is 13.6 Å². The molecule has 0 aliphatic rings. The number of amides is 1. The smallest absolute Gasteiger partial charge is 0.259 e. The van der Waals surface area contributed by atoms with Crippen molar-refractivity contribution in [2.24, 2.45) is 5.14 Å². The summed E-state index contributed by atoms with van der Waals surface area (Å²) in [5.41, 5.74) is 0.446.